The first kappa shape index (κ1) is 21.3. The van der Waals surface area contributed by atoms with E-state index in [1.807, 2.05) is 13.8 Å². The van der Waals surface area contributed by atoms with Crippen molar-refractivity contribution in [2.24, 2.45) is 23.2 Å². The number of carbonyl (C=O) groups excluding carboxylic acids is 2. The second-order valence-electron chi connectivity index (χ2n) is 10.6. The molecule has 0 unspecified atom stereocenters. The van der Waals surface area contributed by atoms with Gasteiger partial charge in [0.15, 0.2) is 0 Å². The predicted octanol–water partition coefficient (Wildman–Crippen LogP) is 4.04. The summed E-state index contributed by atoms with van der Waals surface area (Å²) in [7, 11) is 0. The van der Waals surface area contributed by atoms with Crippen molar-refractivity contribution >= 4 is 39.2 Å². The van der Waals surface area contributed by atoms with E-state index in [4.69, 9.17) is 4.74 Å². The molecule has 0 radical (unpaired) electrons. The van der Waals surface area contributed by atoms with E-state index in [1.54, 1.807) is 6.33 Å². The van der Waals surface area contributed by atoms with Crippen LogP contribution in [0, 0.1) is 30.1 Å². The van der Waals surface area contributed by atoms with Gasteiger partial charge in [0.05, 0.1) is 17.4 Å². The molecule has 2 aromatic rings. The van der Waals surface area contributed by atoms with E-state index in [2.05, 4.69) is 19.8 Å². The molecule has 8 heteroatoms. The van der Waals surface area contributed by atoms with Crippen LogP contribution in [0.5, 0.6) is 0 Å². The number of hydrogen-bond donors (Lipinski definition) is 0. The summed E-state index contributed by atoms with van der Waals surface area (Å²) in [6.07, 6.45) is 9.02. The molecule has 0 N–H and O–H groups in total. The van der Waals surface area contributed by atoms with Gasteiger partial charge in [0.25, 0.3) is 0 Å². The lowest BCUT2D eigenvalue weighted by Crippen LogP contribution is -2.58. The second kappa shape index (κ2) is 7.93. The molecule has 7 nitrogen and oxygen atoms in total. The van der Waals surface area contributed by atoms with E-state index in [0.29, 0.717) is 17.4 Å². The first-order chi connectivity index (χ1) is 16.0. The van der Waals surface area contributed by atoms with Crippen LogP contribution in [0.4, 0.5) is 5.82 Å². The quantitative estimate of drug-likeness (QED) is 0.631. The summed E-state index contributed by atoms with van der Waals surface area (Å²) >= 11 is 1.37. The molecular formula is C25H32N4O3S. The minimum Gasteiger partial charge on any atom is -0.462 e. The van der Waals surface area contributed by atoms with Crippen LogP contribution < -0.4 is 4.90 Å². The van der Waals surface area contributed by atoms with Crippen molar-refractivity contribution in [3.8, 4) is 0 Å². The maximum atomic E-state index is 13.7. The van der Waals surface area contributed by atoms with Gasteiger partial charge >= 0.3 is 5.97 Å². The van der Waals surface area contributed by atoms with Crippen molar-refractivity contribution in [2.75, 3.05) is 37.7 Å². The van der Waals surface area contributed by atoms with Crippen molar-refractivity contribution in [1.82, 2.24) is 14.9 Å². The maximum Gasteiger partial charge on any atom is 0.348 e. The zero-order valence-electron chi connectivity index (χ0n) is 19.5. The third-order valence-corrected chi connectivity index (χ3v) is 9.71. The molecule has 176 valence electrons. The lowest BCUT2D eigenvalue weighted by Gasteiger charge is -2.57. The molecule has 5 aliphatic rings. The van der Waals surface area contributed by atoms with Crippen LogP contribution >= 0.6 is 11.3 Å². The van der Waals surface area contributed by atoms with Gasteiger partial charge in [0.2, 0.25) is 5.91 Å². The number of piperazine rings is 1. The summed E-state index contributed by atoms with van der Waals surface area (Å²) in [5.74, 6) is 3.34. The molecule has 3 heterocycles. The van der Waals surface area contributed by atoms with Crippen molar-refractivity contribution < 1.29 is 14.3 Å². The molecule has 2 aromatic heterocycles. The minimum atomic E-state index is -0.296. The highest BCUT2D eigenvalue weighted by Gasteiger charge is 2.55. The first-order valence-electron chi connectivity index (χ1n) is 12.4. The summed E-state index contributed by atoms with van der Waals surface area (Å²) in [4.78, 5) is 40.9. The average molecular weight is 469 g/mol. The molecule has 5 fully saturated rings. The summed E-state index contributed by atoms with van der Waals surface area (Å²) < 4.78 is 5.23. The fourth-order valence-corrected chi connectivity index (χ4v) is 8.55. The van der Waals surface area contributed by atoms with Crippen molar-refractivity contribution in [3.63, 3.8) is 0 Å². The monoisotopic (exact) mass is 468 g/mol. The molecule has 7 rings (SSSR count). The van der Waals surface area contributed by atoms with Gasteiger partial charge in [0.1, 0.15) is 21.9 Å². The Morgan fingerprint density at radius 2 is 1.70 bits per heavy atom. The van der Waals surface area contributed by atoms with Gasteiger partial charge in [-0.3, -0.25) is 4.79 Å². The van der Waals surface area contributed by atoms with E-state index in [0.717, 1.165) is 84.8 Å². The summed E-state index contributed by atoms with van der Waals surface area (Å²) in [5, 5.41) is 0.936. The molecule has 0 aromatic carbocycles. The van der Waals surface area contributed by atoms with Crippen LogP contribution in [-0.4, -0.2) is 59.5 Å². The van der Waals surface area contributed by atoms with Crippen LogP contribution in [0.2, 0.25) is 0 Å². The third-order valence-electron chi connectivity index (χ3n) is 8.53. The van der Waals surface area contributed by atoms with Crippen LogP contribution in [0.25, 0.3) is 10.2 Å². The molecule has 4 saturated carbocycles. The van der Waals surface area contributed by atoms with Crippen molar-refractivity contribution in [2.45, 2.75) is 52.4 Å². The number of rotatable bonds is 4. The number of carbonyl (C=O) groups is 2. The fraction of sp³-hybridized carbons (Fsp3) is 0.680. The van der Waals surface area contributed by atoms with Crippen LogP contribution in [0.1, 0.15) is 60.7 Å². The van der Waals surface area contributed by atoms with Gasteiger partial charge in [-0.05, 0) is 75.7 Å². The number of aromatic nitrogens is 2. The molecule has 4 aliphatic carbocycles. The van der Waals surface area contributed by atoms with E-state index < -0.39 is 0 Å². The number of esters is 1. The van der Waals surface area contributed by atoms with E-state index in [-0.39, 0.29) is 11.4 Å². The van der Waals surface area contributed by atoms with Gasteiger partial charge in [-0.2, -0.15) is 0 Å². The second-order valence-corrected chi connectivity index (χ2v) is 11.6. The van der Waals surface area contributed by atoms with Crippen molar-refractivity contribution in [1.29, 1.82) is 0 Å². The highest BCUT2D eigenvalue weighted by molar-refractivity contribution is 7.20. The Balaban J connectivity index is 1.20. The van der Waals surface area contributed by atoms with Gasteiger partial charge < -0.3 is 14.5 Å². The zero-order valence-corrected chi connectivity index (χ0v) is 20.3. The zero-order chi connectivity index (χ0) is 22.7. The molecule has 1 amide bonds. The Morgan fingerprint density at radius 1 is 1.06 bits per heavy atom. The number of nitrogens with zero attached hydrogens (tertiary/aromatic N) is 4. The number of amides is 1. The molecule has 33 heavy (non-hydrogen) atoms. The molecular weight excluding hydrogens is 436 g/mol. The summed E-state index contributed by atoms with van der Waals surface area (Å²) in [6.45, 7) is 7.11. The number of ether oxygens (including phenoxy) is 1. The molecule has 0 spiro atoms. The lowest BCUT2D eigenvalue weighted by molar-refractivity contribution is -0.158. The topological polar surface area (TPSA) is 75.6 Å². The van der Waals surface area contributed by atoms with E-state index in [9.17, 15) is 9.59 Å². The Hall–Kier alpha value is -2.22. The number of hydrogen-bond acceptors (Lipinski definition) is 7. The van der Waals surface area contributed by atoms with E-state index >= 15 is 0 Å². The van der Waals surface area contributed by atoms with Gasteiger partial charge in [-0.25, -0.2) is 14.8 Å². The molecule has 4 bridgehead atoms. The number of aryl methyl sites for hydroxylation is 1. The average Bonchev–Trinajstić information content (AvgIpc) is 3.15. The van der Waals surface area contributed by atoms with Crippen LogP contribution in [0.15, 0.2) is 6.33 Å². The summed E-state index contributed by atoms with van der Waals surface area (Å²) in [5.41, 5.74) is 0.813. The summed E-state index contributed by atoms with van der Waals surface area (Å²) in [6, 6.07) is 0. The number of fused-ring (bicyclic) bond motifs is 1. The first-order valence-corrected chi connectivity index (χ1v) is 13.2. The third kappa shape index (κ3) is 3.44. The fourth-order valence-electron chi connectivity index (χ4n) is 7.51. The normalized spacial score (nSPS) is 30.8. The minimum absolute atomic E-state index is 0.0718. The highest BCUT2D eigenvalue weighted by atomic mass is 32.1. The molecule has 1 saturated heterocycles. The standard InChI is InChI=1S/C25H32N4O3S/c1-3-32-23(30)20-15(2)19-21(26-14-27-22(19)33-20)28-4-6-29(7-5-28)24(31)25-11-16-8-17(12-25)10-18(9-16)13-25/h14,16-18H,3-13H2,1-2H3. The van der Waals surface area contributed by atoms with Crippen molar-refractivity contribution in [3.05, 3.63) is 16.8 Å². The molecule has 0 atom stereocenters. The predicted molar refractivity (Wildman–Crippen MR) is 128 cm³/mol. The Labute approximate surface area is 198 Å². The number of anilines is 1. The number of thiophene rings is 1. The maximum absolute atomic E-state index is 13.7. The van der Waals surface area contributed by atoms with Gasteiger partial charge in [-0.15, -0.1) is 11.3 Å². The lowest BCUT2D eigenvalue weighted by atomic mass is 9.49. The Morgan fingerprint density at radius 3 is 2.30 bits per heavy atom. The largest absolute Gasteiger partial charge is 0.462 e. The van der Waals surface area contributed by atoms with E-state index in [1.165, 1.54) is 30.6 Å². The Bertz CT molecular complexity index is 1070. The van der Waals surface area contributed by atoms with Gasteiger partial charge in [-0.1, -0.05) is 0 Å². The van der Waals surface area contributed by atoms with Crippen LogP contribution in [-0.2, 0) is 9.53 Å². The van der Waals surface area contributed by atoms with Crippen LogP contribution in [0.3, 0.4) is 0 Å². The van der Waals surface area contributed by atoms with Gasteiger partial charge in [0, 0.05) is 26.2 Å². The SMILES string of the molecule is CCOC(=O)c1sc2ncnc(N3CCN(C(=O)C45CC6CC(CC(C6)C4)C5)CC3)c2c1C. The highest BCUT2D eigenvalue weighted by Crippen LogP contribution is 2.60. The smallest absolute Gasteiger partial charge is 0.348 e. The molecule has 1 aliphatic heterocycles. The Kier molecular flexibility index (Phi) is 5.12.